The molecular formula is C16H17NO2. The van der Waals surface area contributed by atoms with Crippen molar-refractivity contribution in [3.05, 3.63) is 59.9 Å². The van der Waals surface area contributed by atoms with E-state index in [1.54, 1.807) is 25.4 Å². The molecule has 98 valence electrons. The normalized spacial score (nSPS) is 11.1. The number of pyridine rings is 1. The minimum atomic E-state index is -0.542. The van der Waals surface area contributed by atoms with Gasteiger partial charge in [0.1, 0.15) is 11.4 Å². The Morgan fingerprint density at radius 3 is 2.53 bits per heavy atom. The van der Waals surface area contributed by atoms with Gasteiger partial charge in [0.15, 0.2) is 5.78 Å². The van der Waals surface area contributed by atoms with E-state index in [1.165, 1.54) is 0 Å². The van der Waals surface area contributed by atoms with Gasteiger partial charge in [0.2, 0.25) is 0 Å². The highest BCUT2D eigenvalue weighted by Gasteiger charge is 2.24. The van der Waals surface area contributed by atoms with Crippen LogP contribution < -0.4 is 4.74 Å². The molecule has 3 nitrogen and oxygen atoms in total. The van der Waals surface area contributed by atoms with Crippen molar-refractivity contribution in [1.29, 1.82) is 0 Å². The molecule has 1 aromatic carbocycles. The van der Waals surface area contributed by atoms with E-state index >= 15 is 0 Å². The molecule has 2 rings (SSSR count). The van der Waals surface area contributed by atoms with Crippen LogP contribution in [0.1, 0.15) is 36.7 Å². The van der Waals surface area contributed by atoms with Crippen molar-refractivity contribution in [3.63, 3.8) is 0 Å². The van der Waals surface area contributed by atoms with E-state index in [0.29, 0.717) is 11.3 Å². The summed E-state index contributed by atoms with van der Waals surface area (Å²) in [5.41, 5.74) is 1.02. The molecule has 0 saturated heterocycles. The van der Waals surface area contributed by atoms with E-state index in [2.05, 4.69) is 4.98 Å². The zero-order valence-electron chi connectivity index (χ0n) is 11.4. The van der Waals surface area contributed by atoms with Crippen molar-refractivity contribution < 1.29 is 9.53 Å². The number of aromatic nitrogens is 1. The third kappa shape index (κ3) is 2.99. The number of benzene rings is 1. The third-order valence-electron chi connectivity index (χ3n) is 2.99. The average Bonchev–Trinajstić information content (AvgIpc) is 2.39. The minimum Gasteiger partial charge on any atom is -0.482 e. The summed E-state index contributed by atoms with van der Waals surface area (Å²) in [5.74, 6) is 0.599. The second kappa shape index (κ2) is 5.22. The molecule has 0 aliphatic carbocycles. The Hall–Kier alpha value is -2.16. The number of ether oxygens (including phenoxy) is 1. The van der Waals surface area contributed by atoms with Gasteiger partial charge in [-0.1, -0.05) is 18.2 Å². The van der Waals surface area contributed by atoms with E-state index < -0.39 is 5.60 Å². The SMILES string of the molecule is CC(=O)c1ccccc1OC(C)(C)c1cccnc1. The van der Waals surface area contributed by atoms with Crippen molar-refractivity contribution in [1.82, 2.24) is 4.98 Å². The second-order valence-corrected chi connectivity index (χ2v) is 4.91. The highest BCUT2D eigenvalue weighted by Crippen LogP contribution is 2.29. The summed E-state index contributed by atoms with van der Waals surface area (Å²) in [6.07, 6.45) is 3.50. The van der Waals surface area contributed by atoms with E-state index in [1.807, 2.05) is 44.2 Å². The van der Waals surface area contributed by atoms with Gasteiger partial charge in [0.25, 0.3) is 0 Å². The van der Waals surface area contributed by atoms with Crippen LogP contribution in [0.3, 0.4) is 0 Å². The highest BCUT2D eigenvalue weighted by molar-refractivity contribution is 5.96. The molecule has 0 fully saturated rings. The molecule has 19 heavy (non-hydrogen) atoms. The molecule has 0 N–H and O–H groups in total. The minimum absolute atomic E-state index is 0.00223. The molecule has 0 unspecified atom stereocenters. The van der Waals surface area contributed by atoms with E-state index in [0.717, 1.165) is 5.56 Å². The summed E-state index contributed by atoms with van der Waals surface area (Å²) in [6, 6.07) is 11.1. The molecule has 0 spiro atoms. The number of hydrogen-bond acceptors (Lipinski definition) is 3. The predicted molar refractivity (Wildman–Crippen MR) is 74.3 cm³/mol. The zero-order valence-corrected chi connectivity index (χ0v) is 11.4. The van der Waals surface area contributed by atoms with Gasteiger partial charge < -0.3 is 4.74 Å². The molecule has 1 aromatic heterocycles. The van der Waals surface area contributed by atoms with Crippen LogP contribution in [0.2, 0.25) is 0 Å². The molecular weight excluding hydrogens is 238 g/mol. The van der Waals surface area contributed by atoms with Gasteiger partial charge in [-0.2, -0.15) is 0 Å². The van der Waals surface area contributed by atoms with Gasteiger partial charge in [-0.15, -0.1) is 0 Å². The number of ketones is 1. The number of carbonyl (C=O) groups excluding carboxylic acids is 1. The van der Waals surface area contributed by atoms with Gasteiger partial charge in [0.05, 0.1) is 5.56 Å². The van der Waals surface area contributed by atoms with Gasteiger partial charge in [-0.3, -0.25) is 9.78 Å². The number of hydrogen-bond donors (Lipinski definition) is 0. The van der Waals surface area contributed by atoms with Crippen LogP contribution in [0.15, 0.2) is 48.8 Å². The van der Waals surface area contributed by atoms with Crippen LogP contribution in [0.25, 0.3) is 0 Å². The van der Waals surface area contributed by atoms with Crippen LogP contribution in [0, 0.1) is 0 Å². The molecule has 1 heterocycles. The molecule has 0 radical (unpaired) electrons. The Morgan fingerprint density at radius 1 is 1.16 bits per heavy atom. The Morgan fingerprint density at radius 2 is 1.89 bits per heavy atom. The first-order chi connectivity index (χ1) is 9.00. The number of Topliss-reactive ketones (excluding diaryl/α,β-unsaturated/α-hetero) is 1. The van der Waals surface area contributed by atoms with Crippen LogP contribution in [-0.4, -0.2) is 10.8 Å². The molecule has 0 atom stereocenters. The Balaban J connectivity index is 2.33. The van der Waals surface area contributed by atoms with Gasteiger partial charge in [-0.05, 0) is 39.0 Å². The molecule has 3 heteroatoms. The lowest BCUT2D eigenvalue weighted by Gasteiger charge is -2.27. The third-order valence-corrected chi connectivity index (χ3v) is 2.99. The fourth-order valence-corrected chi connectivity index (χ4v) is 1.90. The summed E-state index contributed by atoms with van der Waals surface area (Å²) in [6.45, 7) is 5.46. The maximum absolute atomic E-state index is 11.6. The lowest BCUT2D eigenvalue weighted by molar-refractivity contribution is 0.0955. The lowest BCUT2D eigenvalue weighted by Crippen LogP contribution is -2.26. The monoisotopic (exact) mass is 255 g/mol. The smallest absolute Gasteiger partial charge is 0.163 e. The topological polar surface area (TPSA) is 39.2 Å². The largest absolute Gasteiger partial charge is 0.482 e. The summed E-state index contributed by atoms with van der Waals surface area (Å²) in [7, 11) is 0. The van der Waals surface area contributed by atoms with E-state index in [4.69, 9.17) is 4.74 Å². The molecule has 0 amide bonds. The van der Waals surface area contributed by atoms with E-state index in [9.17, 15) is 4.79 Å². The number of para-hydroxylation sites is 1. The first-order valence-corrected chi connectivity index (χ1v) is 6.20. The second-order valence-electron chi connectivity index (χ2n) is 4.91. The zero-order chi connectivity index (χ0) is 13.9. The van der Waals surface area contributed by atoms with Crippen molar-refractivity contribution in [2.24, 2.45) is 0 Å². The Bertz CT molecular complexity index is 576. The number of carbonyl (C=O) groups is 1. The Labute approximate surface area is 113 Å². The summed E-state index contributed by atoms with van der Waals surface area (Å²) in [5, 5.41) is 0. The standard InChI is InChI=1S/C16H17NO2/c1-12(18)14-8-4-5-9-15(14)19-16(2,3)13-7-6-10-17-11-13/h4-11H,1-3H3. The number of rotatable bonds is 4. The van der Waals surface area contributed by atoms with Crippen LogP contribution in [-0.2, 0) is 5.60 Å². The van der Waals surface area contributed by atoms with Gasteiger partial charge in [-0.25, -0.2) is 0 Å². The lowest BCUT2D eigenvalue weighted by atomic mass is 9.99. The summed E-state index contributed by atoms with van der Waals surface area (Å²) >= 11 is 0. The van der Waals surface area contributed by atoms with Crippen LogP contribution in [0.5, 0.6) is 5.75 Å². The van der Waals surface area contributed by atoms with Gasteiger partial charge in [0, 0.05) is 18.0 Å². The van der Waals surface area contributed by atoms with Crippen molar-refractivity contribution in [2.45, 2.75) is 26.4 Å². The Kier molecular flexibility index (Phi) is 3.65. The van der Waals surface area contributed by atoms with Crippen LogP contribution in [0.4, 0.5) is 0 Å². The summed E-state index contributed by atoms with van der Waals surface area (Å²) < 4.78 is 6.02. The first-order valence-electron chi connectivity index (χ1n) is 6.20. The molecule has 0 bridgehead atoms. The molecule has 0 aliphatic heterocycles. The fraction of sp³-hybridized carbons (Fsp3) is 0.250. The van der Waals surface area contributed by atoms with Gasteiger partial charge >= 0.3 is 0 Å². The summed E-state index contributed by atoms with van der Waals surface area (Å²) in [4.78, 5) is 15.7. The maximum atomic E-state index is 11.6. The fourth-order valence-electron chi connectivity index (χ4n) is 1.90. The molecule has 2 aromatic rings. The maximum Gasteiger partial charge on any atom is 0.163 e. The highest BCUT2D eigenvalue weighted by atomic mass is 16.5. The first kappa shape index (κ1) is 13.3. The average molecular weight is 255 g/mol. The predicted octanol–water partition coefficient (Wildman–Crippen LogP) is 3.60. The molecule has 0 aliphatic rings. The van der Waals surface area contributed by atoms with Crippen LogP contribution >= 0.6 is 0 Å². The van der Waals surface area contributed by atoms with Crippen molar-refractivity contribution in [3.8, 4) is 5.75 Å². The van der Waals surface area contributed by atoms with Crippen molar-refractivity contribution in [2.75, 3.05) is 0 Å². The number of nitrogens with zero attached hydrogens (tertiary/aromatic N) is 1. The van der Waals surface area contributed by atoms with E-state index in [-0.39, 0.29) is 5.78 Å². The quantitative estimate of drug-likeness (QED) is 0.784. The van der Waals surface area contributed by atoms with Crippen molar-refractivity contribution >= 4 is 5.78 Å². The molecule has 0 saturated carbocycles.